The van der Waals surface area contributed by atoms with Gasteiger partial charge < -0.3 is 5.32 Å². The Balaban J connectivity index is 1.41. The molecule has 7 nitrogen and oxygen atoms in total. The van der Waals surface area contributed by atoms with Crippen LogP contribution in [0.2, 0.25) is 0 Å². The molecule has 1 aromatic heterocycles. The first-order chi connectivity index (χ1) is 15.0. The number of aromatic nitrogens is 2. The number of rotatable bonds is 3. The SMILES string of the molecule is Cc1ccc(NC(=O)c2ccc(N3C(=O)c4nc5ccccc5nc4C3=O)cc2)cc1. The molecule has 150 valence electrons. The van der Waals surface area contributed by atoms with Crippen molar-refractivity contribution in [3.63, 3.8) is 0 Å². The van der Waals surface area contributed by atoms with Crippen LogP contribution in [-0.2, 0) is 0 Å². The molecule has 5 rings (SSSR count). The van der Waals surface area contributed by atoms with Gasteiger partial charge in [-0.2, -0.15) is 0 Å². The molecule has 0 bridgehead atoms. The Kier molecular flexibility index (Phi) is 4.29. The molecule has 0 atom stereocenters. The lowest BCUT2D eigenvalue weighted by molar-refractivity contribution is 0.0922. The number of carbonyl (C=O) groups excluding carboxylic acids is 3. The first kappa shape index (κ1) is 18.6. The van der Waals surface area contributed by atoms with E-state index < -0.39 is 11.8 Å². The zero-order valence-corrected chi connectivity index (χ0v) is 16.5. The van der Waals surface area contributed by atoms with Crippen molar-refractivity contribution in [1.29, 1.82) is 0 Å². The number of hydrogen-bond donors (Lipinski definition) is 1. The molecule has 2 heterocycles. The molecule has 3 amide bonds. The average Bonchev–Trinajstić information content (AvgIpc) is 3.03. The van der Waals surface area contributed by atoms with E-state index in [-0.39, 0.29) is 17.3 Å². The van der Waals surface area contributed by atoms with Crippen LogP contribution in [0.5, 0.6) is 0 Å². The Morgan fingerprint density at radius 2 is 1.32 bits per heavy atom. The van der Waals surface area contributed by atoms with Crippen LogP contribution >= 0.6 is 0 Å². The van der Waals surface area contributed by atoms with Gasteiger partial charge in [0.25, 0.3) is 17.7 Å². The second kappa shape index (κ2) is 7.14. The second-order valence-electron chi connectivity index (χ2n) is 7.22. The Morgan fingerprint density at radius 1 is 0.774 bits per heavy atom. The van der Waals surface area contributed by atoms with Crippen LogP contribution < -0.4 is 10.2 Å². The fourth-order valence-corrected chi connectivity index (χ4v) is 3.44. The van der Waals surface area contributed by atoms with Crippen molar-refractivity contribution in [3.05, 3.63) is 95.3 Å². The van der Waals surface area contributed by atoms with E-state index in [1.54, 1.807) is 48.5 Å². The van der Waals surface area contributed by atoms with Crippen molar-refractivity contribution < 1.29 is 14.4 Å². The van der Waals surface area contributed by atoms with Crippen LogP contribution in [0.25, 0.3) is 11.0 Å². The van der Waals surface area contributed by atoms with Gasteiger partial charge in [-0.05, 0) is 55.5 Å². The number of hydrogen-bond acceptors (Lipinski definition) is 5. The van der Waals surface area contributed by atoms with Gasteiger partial charge in [-0.3, -0.25) is 14.4 Å². The minimum Gasteiger partial charge on any atom is -0.322 e. The van der Waals surface area contributed by atoms with Gasteiger partial charge in [-0.1, -0.05) is 29.8 Å². The monoisotopic (exact) mass is 408 g/mol. The van der Waals surface area contributed by atoms with Gasteiger partial charge in [0.05, 0.1) is 16.7 Å². The lowest BCUT2D eigenvalue weighted by atomic mass is 10.1. The number of fused-ring (bicyclic) bond motifs is 2. The van der Waals surface area contributed by atoms with E-state index in [1.165, 1.54) is 0 Å². The maximum absolute atomic E-state index is 12.9. The van der Waals surface area contributed by atoms with Crippen molar-refractivity contribution in [2.75, 3.05) is 10.2 Å². The van der Waals surface area contributed by atoms with Crippen molar-refractivity contribution in [1.82, 2.24) is 9.97 Å². The van der Waals surface area contributed by atoms with Crippen LogP contribution in [0.4, 0.5) is 11.4 Å². The fourth-order valence-electron chi connectivity index (χ4n) is 3.44. The summed E-state index contributed by atoms with van der Waals surface area (Å²) in [5.41, 5.74) is 3.70. The molecule has 0 saturated heterocycles. The highest BCUT2D eigenvalue weighted by atomic mass is 16.2. The van der Waals surface area contributed by atoms with Gasteiger partial charge in [0.1, 0.15) is 0 Å². The quantitative estimate of drug-likeness (QED) is 0.518. The Bertz CT molecular complexity index is 1310. The molecular formula is C24H16N4O3. The number of anilines is 2. The molecule has 1 N–H and O–H groups in total. The van der Waals surface area contributed by atoms with Crippen LogP contribution in [-0.4, -0.2) is 27.7 Å². The maximum Gasteiger partial charge on any atom is 0.286 e. The molecule has 0 aliphatic carbocycles. The molecule has 3 aromatic carbocycles. The summed E-state index contributed by atoms with van der Waals surface area (Å²) in [7, 11) is 0. The van der Waals surface area contributed by atoms with Crippen molar-refractivity contribution in [2.45, 2.75) is 6.92 Å². The highest BCUT2D eigenvalue weighted by Gasteiger charge is 2.40. The second-order valence-corrected chi connectivity index (χ2v) is 7.22. The summed E-state index contributed by atoms with van der Waals surface area (Å²) in [6.45, 7) is 1.97. The van der Waals surface area contributed by atoms with E-state index in [0.29, 0.717) is 28.0 Å². The zero-order chi connectivity index (χ0) is 21.5. The lowest BCUT2D eigenvalue weighted by Crippen LogP contribution is -2.29. The van der Waals surface area contributed by atoms with Gasteiger partial charge in [0, 0.05) is 11.3 Å². The molecule has 0 saturated carbocycles. The van der Waals surface area contributed by atoms with Crippen molar-refractivity contribution >= 4 is 40.1 Å². The van der Waals surface area contributed by atoms with E-state index >= 15 is 0 Å². The van der Waals surface area contributed by atoms with E-state index in [9.17, 15) is 14.4 Å². The number of amides is 3. The highest BCUT2D eigenvalue weighted by Crippen LogP contribution is 2.28. The number of benzene rings is 3. The largest absolute Gasteiger partial charge is 0.322 e. The summed E-state index contributed by atoms with van der Waals surface area (Å²) in [6.07, 6.45) is 0. The summed E-state index contributed by atoms with van der Waals surface area (Å²) >= 11 is 0. The molecule has 1 aliphatic heterocycles. The minimum atomic E-state index is -0.532. The number of carbonyl (C=O) groups is 3. The zero-order valence-electron chi connectivity index (χ0n) is 16.5. The first-order valence-electron chi connectivity index (χ1n) is 9.65. The standard InChI is InChI=1S/C24H16N4O3/c1-14-6-10-16(11-7-14)25-22(29)15-8-12-17(13-9-15)28-23(30)20-21(24(28)31)27-19-5-3-2-4-18(19)26-20/h2-13H,1H3,(H,25,29). The maximum atomic E-state index is 12.9. The molecule has 0 spiro atoms. The molecule has 0 fully saturated rings. The average molecular weight is 408 g/mol. The smallest absolute Gasteiger partial charge is 0.286 e. The predicted octanol–water partition coefficient (Wildman–Crippen LogP) is 3.99. The van der Waals surface area contributed by atoms with E-state index in [4.69, 9.17) is 0 Å². The van der Waals surface area contributed by atoms with Crippen LogP contribution in [0.1, 0.15) is 36.9 Å². The Labute approximate surface area is 177 Å². The van der Waals surface area contributed by atoms with Crippen molar-refractivity contribution in [3.8, 4) is 0 Å². The molecule has 7 heteroatoms. The molecular weight excluding hydrogens is 392 g/mol. The lowest BCUT2D eigenvalue weighted by Gasteiger charge is -2.13. The van der Waals surface area contributed by atoms with Gasteiger partial charge in [0.2, 0.25) is 0 Å². The predicted molar refractivity (Wildman–Crippen MR) is 116 cm³/mol. The third kappa shape index (κ3) is 3.22. The van der Waals surface area contributed by atoms with Gasteiger partial charge >= 0.3 is 0 Å². The molecule has 0 unspecified atom stereocenters. The summed E-state index contributed by atoms with van der Waals surface area (Å²) < 4.78 is 0. The topological polar surface area (TPSA) is 92.3 Å². The number of nitrogens with one attached hydrogen (secondary N) is 1. The van der Waals surface area contributed by atoms with Crippen molar-refractivity contribution in [2.24, 2.45) is 0 Å². The van der Waals surface area contributed by atoms with Gasteiger partial charge in [-0.25, -0.2) is 14.9 Å². The van der Waals surface area contributed by atoms with Gasteiger partial charge in [0.15, 0.2) is 11.4 Å². The normalized spacial score (nSPS) is 12.9. The molecule has 4 aromatic rings. The fraction of sp³-hybridized carbons (Fsp3) is 0.0417. The van der Waals surface area contributed by atoms with E-state index in [0.717, 1.165) is 10.5 Å². The Morgan fingerprint density at radius 3 is 1.87 bits per heavy atom. The number of nitrogens with zero attached hydrogens (tertiary/aromatic N) is 3. The van der Waals surface area contributed by atoms with Crippen LogP contribution in [0, 0.1) is 6.92 Å². The third-order valence-electron chi connectivity index (χ3n) is 5.08. The number of imide groups is 1. The summed E-state index contributed by atoms with van der Waals surface area (Å²) in [5.74, 6) is -1.35. The molecule has 0 radical (unpaired) electrons. The Hall–Kier alpha value is -4.39. The first-order valence-corrected chi connectivity index (χ1v) is 9.65. The third-order valence-corrected chi connectivity index (χ3v) is 5.08. The summed E-state index contributed by atoms with van der Waals surface area (Å²) in [5, 5.41) is 2.82. The molecule has 1 aliphatic rings. The number of aryl methyl sites for hydroxylation is 1. The number of para-hydroxylation sites is 2. The van der Waals surface area contributed by atoms with E-state index in [2.05, 4.69) is 15.3 Å². The highest BCUT2D eigenvalue weighted by molar-refractivity contribution is 6.33. The minimum absolute atomic E-state index is 0.0323. The van der Waals surface area contributed by atoms with E-state index in [1.807, 2.05) is 31.2 Å². The van der Waals surface area contributed by atoms with Crippen LogP contribution in [0.3, 0.4) is 0 Å². The summed E-state index contributed by atoms with van der Waals surface area (Å²) in [4.78, 5) is 47.9. The molecule has 31 heavy (non-hydrogen) atoms. The summed E-state index contributed by atoms with van der Waals surface area (Å²) in [6, 6.07) is 20.8. The van der Waals surface area contributed by atoms with Gasteiger partial charge in [-0.15, -0.1) is 0 Å². The van der Waals surface area contributed by atoms with Crippen LogP contribution in [0.15, 0.2) is 72.8 Å².